The van der Waals surface area contributed by atoms with E-state index < -0.39 is 24.1 Å². The molecule has 2 aliphatic heterocycles. The zero-order chi connectivity index (χ0) is 26.2. The van der Waals surface area contributed by atoms with Crippen LogP contribution in [0.15, 0.2) is 52.9 Å². The Morgan fingerprint density at radius 2 is 1.81 bits per heavy atom. The van der Waals surface area contributed by atoms with Crippen molar-refractivity contribution in [2.75, 3.05) is 25.1 Å². The summed E-state index contributed by atoms with van der Waals surface area (Å²) >= 11 is 6.06. The summed E-state index contributed by atoms with van der Waals surface area (Å²) in [5.41, 5.74) is 2.42. The molecular weight excluding hydrogens is 496 g/mol. The number of nitrogens with zero attached hydrogens (tertiary/aromatic N) is 2. The van der Waals surface area contributed by atoms with Crippen LogP contribution in [0.5, 0.6) is 0 Å². The SMILES string of the molecule is CCc1cc2cc(NC3NC(=O)N(CC4COC(C)(C)OC4)C(=O)N3Cc3ccc(Cl)cc3)ccc2o1. The van der Waals surface area contributed by atoms with Crippen LogP contribution in [-0.4, -0.2) is 53.7 Å². The molecule has 0 radical (unpaired) electrons. The van der Waals surface area contributed by atoms with Crippen molar-refractivity contribution < 1.29 is 23.5 Å². The van der Waals surface area contributed by atoms with Crippen LogP contribution in [0.4, 0.5) is 15.3 Å². The number of carbonyl (C=O) groups excluding carboxylic acids is 2. The Morgan fingerprint density at radius 3 is 2.51 bits per heavy atom. The maximum Gasteiger partial charge on any atom is 0.331 e. The van der Waals surface area contributed by atoms with E-state index in [1.165, 1.54) is 4.90 Å². The molecule has 2 saturated heterocycles. The number of amides is 4. The van der Waals surface area contributed by atoms with Gasteiger partial charge in [-0.1, -0.05) is 30.7 Å². The van der Waals surface area contributed by atoms with Crippen molar-refractivity contribution in [2.24, 2.45) is 5.92 Å². The third-order valence-electron chi connectivity index (χ3n) is 6.55. The van der Waals surface area contributed by atoms with Crippen LogP contribution in [0.3, 0.4) is 0 Å². The summed E-state index contributed by atoms with van der Waals surface area (Å²) in [6, 6.07) is 14.1. The summed E-state index contributed by atoms with van der Waals surface area (Å²) in [6.07, 6.45) is 0.0314. The summed E-state index contributed by atoms with van der Waals surface area (Å²) in [4.78, 5) is 29.6. The van der Waals surface area contributed by atoms with E-state index in [1.54, 1.807) is 17.0 Å². The maximum absolute atomic E-state index is 13.7. The first-order valence-electron chi connectivity index (χ1n) is 12.4. The van der Waals surface area contributed by atoms with Crippen LogP contribution in [0, 0.1) is 5.92 Å². The van der Waals surface area contributed by atoms with E-state index in [1.807, 2.05) is 57.2 Å². The molecule has 4 amide bonds. The summed E-state index contributed by atoms with van der Waals surface area (Å²) in [5, 5.41) is 7.81. The smallest absolute Gasteiger partial charge is 0.331 e. The number of imide groups is 1. The Kier molecular flexibility index (Phi) is 7.02. The topological polar surface area (TPSA) is 96.3 Å². The van der Waals surface area contributed by atoms with Crippen LogP contribution >= 0.6 is 11.6 Å². The van der Waals surface area contributed by atoms with Gasteiger partial charge < -0.3 is 19.2 Å². The van der Waals surface area contributed by atoms with Gasteiger partial charge in [0.25, 0.3) is 0 Å². The van der Waals surface area contributed by atoms with Crippen molar-refractivity contribution in [3.05, 3.63) is 64.9 Å². The molecule has 0 aliphatic carbocycles. The van der Waals surface area contributed by atoms with Crippen molar-refractivity contribution in [3.63, 3.8) is 0 Å². The van der Waals surface area contributed by atoms with Crippen LogP contribution < -0.4 is 10.6 Å². The molecule has 5 rings (SSSR count). The minimum absolute atomic E-state index is 0.124. The lowest BCUT2D eigenvalue weighted by Gasteiger charge is -2.43. The average molecular weight is 527 g/mol. The normalized spacial score (nSPS) is 20.4. The number of fused-ring (bicyclic) bond motifs is 1. The number of urea groups is 2. The van der Waals surface area contributed by atoms with E-state index in [0.29, 0.717) is 18.2 Å². The Labute approximate surface area is 220 Å². The van der Waals surface area contributed by atoms with Crippen molar-refractivity contribution in [2.45, 2.75) is 45.8 Å². The van der Waals surface area contributed by atoms with Gasteiger partial charge in [0, 0.05) is 35.0 Å². The van der Waals surface area contributed by atoms with Gasteiger partial charge in [0.2, 0.25) is 0 Å². The number of hydrogen-bond acceptors (Lipinski definition) is 6. The Morgan fingerprint density at radius 1 is 1.08 bits per heavy atom. The fourth-order valence-electron chi connectivity index (χ4n) is 4.46. The maximum atomic E-state index is 13.7. The van der Waals surface area contributed by atoms with Crippen molar-refractivity contribution >= 4 is 40.3 Å². The predicted molar refractivity (Wildman–Crippen MR) is 140 cm³/mol. The first kappa shape index (κ1) is 25.4. The molecule has 1 unspecified atom stereocenters. The second-order valence-electron chi connectivity index (χ2n) is 9.85. The number of rotatable bonds is 7. The molecule has 1 atom stereocenters. The highest BCUT2D eigenvalue weighted by Crippen LogP contribution is 2.26. The fraction of sp³-hybridized carbons (Fsp3) is 0.407. The molecule has 196 valence electrons. The molecule has 0 spiro atoms. The molecule has 2 aliphatic rings. The molecule has 9 nitrogen and oxygen atoms in total. The number of anilines is 1. The summed E-state index contributed by atoms with van der Waals surface area (Å²) in [7, 11) is 0. The molecule has 37 heavy (non-hydrogen) atoms. The van der Waals surface area contributed by atoms with E-state index in [-0.39, 0.29) is 19.0 Å². The Hall–Kier alpha value is -3.27. The fourth-order valence-corrected chi connectivity index (χ4v) is 4.58. The van der Waals surface area contributed by atoms with Gasteiger partial charge in [0.05, 0.1) is 19.8 Å². The first-order chi connectivity index (χ1) is 17.7. The van der Waals surface area contributed by atoms with Crippen LogP contribution in [0.25, 0.3) is 11.0 Å². The van der Waals surface area contributed by atoms with Gasteiger partial charge in [0.1, 0.15) is 11.3 Å². The summed E-state index contributed by atoms with van der Waals surface area (Å²) in [6.45, 7) is 6.97. The molecule has 2 fully saturated rings. The Bertz CT molecular complexity index is 1280. The minimum Gasteiger partial charge on any atom is -0.461 e. The van der Waals surface area contributed by atoms with E-state index in [2.05, 4.69) is 10.6 Å². The highest BCUT2D eigenvalue weighted by atomic mass is 35.5. The van der Waals surface area contributed by atoms with E-state index in [9.17, 15) is 9.59 Å². The highest BCUT2D eigenvalue weighted by Gasteiger charge is 2.40. The van der Waals surface area contributed by atoms with Crippen molar-refractivity contribution in [1.82, 2.24) is 15.1 Å². The molecule has 3 heterocycles. The van der Waals surface area contributed by atoms with Gasteiger partial charge in [-0.2, -0.15) is 0 Å². The lowest BCUT2D eigenvalue weighted by Crippen LogP contribution is -2.67. The van der Waals surface area contributed by atoms with Gasteiger partial charge >= 0.3 is 12.1 Å². The van der Waals surface area contributed by atoms with E-state index in [0.717, 1.165) is 34.4 Å². The number of furan rings is 1. The van der Waals surface area contributed by atoms with Crippen LogP contribution in [-0.2, 0) is 22.4 Å². The second kappa shape index (κ2) is 10.2. The third-order valence-corrected chi connectivity index (χ3v) is 6.80. The number of ether oxygens (including phenoxy) is 2. The number of nitrogens with one attached hydrogen (secondary N) is 2. The lowest BCUT2D eigenvalue weighted by atomic mass is 10.1. The Balaban J connectivity index is 1.37. The molecular formula is C27H31ClN4O5. The van der Waals surface area contributed by atoms with Gasteiger partial charge in [-0.05, 0) is 55.8 Å². The number of hydrogen-bond donors (Lipinski definition) is 2. The zero-order valence-electron chi connectivity index (χ0n) is 21.1. The monoisotopic (exact) mass is 526 g/mol. The zero-order valence-corrected chi connectivity index (χ0v) is 21.9. The molecule has 2 N–H and O–H groups in total. The molecule has 10 heteroatoms. The van der Waals surface area contributed by atoms with Gasteiger partial charge in [-0.15, -0.1) is 0 Å². The first-order valence-corrected chi connectivity index (χ1v) is 12.8. The second-order valence-corrected chi connectivity index (χ2v) is 10.3. The number of aryl methyl sites for hydroxylation is 1. The predicted octanol–water partition coefficient (Wildman–Crippen LogP) is 5.39. The highest BCUT2D eigenvalue weighted by molar-refractivity contribution is 6.30. The summed E-state index contributed by atoms with van der Waals surface area (Å²) in [5.74, 6) is 0.0992. The van der Waals surface area contributed by atoms with E-state index >= 15 is 0 Å². The molecule has 1 aromatic heterocycles. The number of benzene rings is 2. The van der Waals surface area contributed by atoms with Crippen LogP contribution in [0.1, 0.15) is 32.1 Å². The van der Waals surface area contributed by atoms with Crippen molar-refractivity contribution in [3.8, 4) is 0 Å². The van der Waals surface area contributed by atoms with Gasteiger partial charge in [-0.25, -0.2) is 14.5 Å². The van der Waals surface area contributed by atoms with Gasteiger partial charge in [0.15, 0.2) is 12.1 Å². The van der Waals surface area contributed by atoms with Gasteiger partial charge in [-0.3, -0.25) is 10.2 Å². The van der Waals surface area contributed by atoms with Crippen LogP contribution in [0.2, 0.25) is 5.02 Å². The van der Waals surface area contributed by atoms with E-state index in [4.69, 9.17) is 25.5 Å². The van der Waals surface area contributed by atoms with Crippen molar-refractivity contribution in [1.29, 1.82) is 0 Å². The molecule has 2 aromatic carbocycles. The largest absolute Gasteiger partial charge is 0.461 e. The summed E-state index contributed by atoms with van der Waals surface area (Å²) < 4.78 is 17.3. The standard InChI is InChI=1S/C27H31ClN4O5/c1-4-22-12-19-11-21(9-10-23(19)37-22)29-24-30-25(33)32(14-18-15-35-27(2,3)36-16-18)26(34)31(24)13-17-5-7-20(28)8-6-17/h5-12,18,24,29H,4,13-16H2,1-3H3,(H,30,33). The molecule has 0 saturated carbocycles. The minimum atomic E-state index is -0.764. The number of halogens is 1. The lowest BCUT2D eigenvalue weighted by molar-refractivity contribution is -0.262. The quantitative estimate of drug-likeness (QED) is 0.428. The molecule has 0 bridgehead atoms. The third kappa shape index (κ3) is 5.69. The number of carbonyl (C=O) groups is 2. The molecule has 3 aromatic rings. The average Bonchev–Trinajstić information content (AvgIpc) is 3.29.